The molecule has 0 heterocycles. The fraction of sp³-hybridized carbons (Fsp3) is 0.444. The molecule has 0 bridgehead atoms. The van der Waals surface area contributed by atoms with Gasteiger partial charge in [-0.3, -0.25) is 9.79 Å². The Balaban J connectivity index is 2.55. The summed E-state index contributed by atoms with van der Waals surface area (Å²) in [6.07, 6.45) is 3.11. The van der Waals surface area contributed by atoms with Crippen LogP contribution < -0.4 is 16.0 Å². The lowest BCUT2D eigenvalue weighted by Gasteiger charge is -2.18. The van der Waals surface area contributed by atoms with Crippen LogP contribution in [0.25, 0.3) is 0 Å². The van der Waals surface area contributed by atoms with Gasteiger partial charge >= 0.3 is 0 Å². The number of hydrogen-bond donors (Lipinski definition) is 3. The van der Waals surface area contributed by atoms with Gasteiger partial charge in [0.05, 0.1) is 12.6 Å². The molecule has 1 amide bonds. The van der Waals surface area contributed by atoms with Crippen LogP contribution in [0.1, 0.15) is 38.3 Å². The Labute approximate surface area is 139 Å². The van der Waals surface area contributed by atoms with Crippen molar-refractivity contribution in [1.82, 2.24) is 16.0 Å². The fourth-order valence-electron chi connectivity index (χ4n) is 1.97. The van der Waals surface area contributed by atoms with E-state index in [4.69, 9.17) is 0 Å². The summed E-state index contributed by atoms with van der Waals surface area (Å²) in [5.74, 6) is 0.722. The van der Waals surface area contributed by atoms with Crippen molar-refractivity contribution >= 4 is 11.9 Å². The first-order valence-corrected chi connectivity index (χ1v) is 8.14. The molecule has 0 unspecified atom stereocenters. The van der Waals surface area contributed by atoms with Crippen LogP contribution in [-0.2, 0) is 4.79 Å². The van der Waals surface area contributed by atoms with Crippen molar-refractivity contribution < 1.29 is 4.79 Å². The Bertz CT molecular complexity index is 499. The third-order valence-corrected chi connectivity index (χ3v) is 3.25. The van der Waals surface area contributed by atoms with Gasteiger partial charge in [0.1, 0.15) is 0 Å². The van der Waals surface area contributed by atoms with E-state index in [0.29, 0.717) is 32.0 Å². The number of carbonyl (C=O) groups is 1. The third-order valence-electron chi connectivity index (χ3n) is 3.25. The van der Waals surface area contributed by atoms with Crippen LogP contribution in [0, 0.1) is 0 Å². The first-order chi connectivity index (χ1) is 11.2. The van der Waals surface area contributed by atoms with Gasteiger partial charge in [-0.05, 0) is 18.9 Å². The van der Waals surface area contributed by atoms with E-state index in [1.165, 1.54) is 5.56 Å². The molecular weight excluding hydrogens is 288 g/mol. The van der Waals surface area contributed by atoms with Crippen molar-refractivity contribution in [2.75, 3.05) is 19.6 Å². The summed E-state index contributed by atoms with van der Waals surface area (Å²) >= 11 is 0. The van der Waals surface area contributed by atoms with Gasteiger partial charge in [0.15, 0.2) is 5.96 Å². The van der Waals surface area contributed by atoms with Gasteiger partial charge in [0.25, 0.3) is 0 Å². The third kappa shape index (κ3) is 8.04. The van der Waals surface area contributed by atoms with Gasteiger partial charge in [0, 0.05) is 19.5 Å². The molecule has 0 spiro atoms. The van der Waals surface area contributed by atoms with Crippen LogP contribution >= 0.6 is 0 Å². The molecule has 0 aromatic heterocycles. The number of guanidine groups is 1. The summed E-state index contributed by atoms with van der Waals surface area (Å²) in [5, 5.41) is 9.37. The Morgan fingerprint density at radius 2 is 2.04 bits per heavy atom. The molecule has 5 heteroatoms. The standard InChI is InChI=1S/C18H28N4O/c1-4-12-19-17(23)11-14-21-18(20-13-5-2)22-15(3)16-9-7-6-8-10-16/h5-10,15H,2,4,11-14H2,1,3H3,(H,19,23)(H2,20,21,22)/t15-/m1/s1. The van der Waals surface area contributed by atoms with Gasteiger partial charge in [0.2, 0.25) is 5.91 Å². The summed E-state index contributed by atoms with van der Waals surface area (Å²) < 4.78 is 0. The molecule has 0 aliphatic rings. The maximum absolute atomic E-state index is 11.6. The van der Waals surface area contributed by atoms with E-state index >= 15 is 0 Å². The first kappa shape index (κ1) is 18.7. The summed E-state index contributed by atoms with van der Waals surface area (Å²) in [7, 11) is 0. The lowest BCUT2D eigenvalue weighted by Crippen LogP contribution is -2.39. The topological polar surface area (TPSA) is 65.5 Å². The fourth-order valence-corrected chi connectivity index (χ4v) is 1.97. The molecule has 5 nitrogen and oxygen atoms in total. The highest BCUT2D eigenvalue weighted by molar-refractivity contribution is 5.81. The number of benzene rings is 1. The quantitative estimate of drug-likeness (QED) is 0.372. The number of rotatable bonds is 9. The number of nitrogens with zero attached hydrogens (tertiary/aromatic N) is 1. The van der Waals surface area contributed by atoms with Gasteiger partial charge < -0.3 is 16.0 Å². The Morgan fingerprint density at radius 3 is 2.70 bits per heavy atom. The Hall–Kier alpha value is -2.30. The zero-order valence-electron chi connectivity index (χ0n) is 14.1. The number of hydrogen-bond acceptors (Lipinski definition) is 2. The highest BCUT2D eigenvalue weighted by atomic mass is 16.1. The minimum absolute atomic E-state index is 0.0368. The van der Waals surface area contributed by atoms with Gasteiger partial charge in [-0.2, -0.15) is 0 Å². The first-order valence-electron chi connectivity index (χ1n) is 8.14. The molecule has 1 rings (SSSR count). The second-order valence-corrected chi connectivity index (χ2v) is 5.28. The maximum Gasteiger partial charge on any atom is 0.221 e. The molecule has 0 radical (unpaired) electrons. The molecule has 3 N–H and O–H groups in total. The monoisotopic (exact) mass is 316 g/mol. The van der Waals surface area contributed by atoms with Crippen LogP contribution in [0.15, 0.2) is 48.0 Å². The van der Waals surface area contributed by atoms with Crippen LogP contribution in [-0.4, -0.2) is 31.5 Å². The predicted molar refractivity (Wildman–Crippen MR) is 96.4 cm³/mol. The van der Waals surface area contributed by atoms with Gasteiger partial charge in [-0.15, -0.1) is 6.58 Å². The van der Waals surface area contributed by atoms with Gasteiger partial charge in [-0.1, -0.05) is 43.3 Å². The van der Waals surface area contributed by atoms with E-state index in [9.17, 15) is 4.79 Å². The van der Waals surface area contributed by atoms with E-state index in [-0.39, 0.29) is 11.9 Å². The molecule has 1 aromatic rings. The number of amides is 1. The van der Waals surface area contributed by atoms with Crippen molar-refractivity contribution in [1.29, 1.82) is 0 Å². The second kappa shape index (κ2) is 11.3. The van der Waals surface area contributed by atoms with E-state index in [2.05, 4.69) is 46.6 Å². The summed E-state index contributed by atoms with van der Waals surface area (Å²) in [4.78, 5) is 16.1. The summed E-state index contributed by atoms with van der Waals surface area (Å²) in [5.41, 5.74) is 1.18. The molecule has 1 atom stereocenters. The van der Waals surface area contributed by atoms with Crippen LogP contribution in [0.3, 0.4) is 0 Å². The number of carbonyl (C=O) groups excluding carboxylic acids is 1. The second-order valence-electron chi connectivity index (χ2n) is 5.28. The van der Waals surface area contributed by atoms with E-state index < -0.39 is 0 Å². The number of aliphatic imine (C=N–C) groups is 1. The molecule has 0 saturated heterocycles. The van der Waals surface area contributed by atoms with E-state index in [1.807, 2.05) is 25.1 Å². The molecular formula is C18H28N4O. The SMILES string of the molecule is C=CCNC(=NCCC(=O)NCCC)N[C@H](C)c1ccccc1. The minimum atomic E-state index is 0.0368. The minimum Gasteiger partial charge on any atom is -0.356 e. The lowest BCUT2D eigenvalue weighted by atomic mass is 10.1. The average Bonchev–Trinajstić information content (AvgIpc) is 2.58. The molecule has 1 aromatic carbocycles. The summed E-state index contributed by atoms with van der Waals surface area (Å²) in [6.45, 7) is 9.60. The zero-order chi connectivity index (χ0) is 16.9. The number of nitrogens with one attached hydrogen (secondary N) is 3. The summed E-state index contributed by atoms with van der Waals surface area (Å²) in [6, 6.07) is 10.3. The van der Waals surface area contributed by atoms with Crippen LogP contribution in [0.5, 0.6) is 0 Å². The lowest BCUT2D eigenvalue weighted by molar-refractivity contribution is -0.120. The average molecular weight is 316 g/mol. The van der Waals surface area contributed by atoms with Crippen molar-refractivity contribution in [3.05, 3.63) is 48.6 Å². The van der Waals surface area contributed by atoms with Crippen LogP contribution in [0.2, 0.25) is 0 Å². The molecule has 0 fully saturated rings. The molecule has 0 aliphatic heterocycles. The highest BCUT2D eigenvalue weighted by Crippen LogP contribution is 2.10. The molecule has 23 heavy (non-hydrogen) atoms. The largest absolute Gasteiger partial charge is 0.356 e. The van der Waals surface area contributed by atoms with Gasteiger partial charge in [-0.25, -0.2) is 0 Å². The molecule has 0 saturated carbocycles. The Kier molecular flexibility index (Phi) is 9.20. The molecule has 126 valence electrons. The normalized spacial score (nSPS) is 12.3. The highest BCUT2D eigenvalue weighted by Gasteiger charge is 2.07. The van der Waals surface area contributed by atoms with E-state index in [1.54, 1.807) is 6.08 Å². The van der Waals surface area contributed by atoms with E-state index in [0.717, 1.165) is 6.42 Å². The van der Waals surface area contributed by atoms with Crippen molar-refractivity contribution in [3.8, 4) is 0 Å². The van der Waals surface area contributed by atoms with Crippen molar-refractivity contribution in [3.63, 3.8) is 0 Å². The maximum atomic E-state index is 11.6. The molecule has 0 aliphatic carbocycles. The van der Waals surface area contributed by atoms with Crippen molar-refractivity contribution in [2.45, 2.75) is 32.7 Å². The van der Waals surface area contributed by atoms with Crippen molar-refractivity contribution in [2.24, 2.45) is 4.99 Å². The predicted octanol–water partition coefficient (Wildman–Crippen LogP) is 2.39. The van der Waals surface area contributed by atoms with Crippen LogP contribution in [0.4, 0.5) is 0 Å². The zero-order valence-corrected chi connectivity index (χ0v) is 14.1. The Morgan fingerprint density at radius 1 is 1.30 bits per heavy atom. The smallest absolute Gasteiger partial charge is 0.221 e.